The Labute approximate surface area is 116 Å². The molecule has 19 heavy (non-hydrogen) atoms. The van der Waals surface area contributed by atoms with Gasteiger partial charge in [-0.05, 0) is 24.1 Å². The summed E-state index contributed by atoms with van der Waals surface area (Å²) < 4.78 is 4.80. The van der Waals surface area contributed by atoms with E-state index in [1.165, 1.54) is 0 Å². The normalized spacial score (nSPS) is 10.4. The van der Waals surface area contributed by atoms with Crippen molar-refractivity contribution in [2.75, 3.05) is 6.54 Å². The number of nitrogens with zero attached hydrogens (tertiary/aromatic N) is 2. The van der Waals surface area contributed by atoms with Crippen LogP contribution in [0.25, 0.3) is 0 Å². The Morgan fingerprint density at radius 2 is 2.32 bits per heavy atom. The fourth-order valence-electron chi connectivity index (χ4n) is 1.66. The molecule has 5 nitrogen and oxygen atoms in total. The molecule has 1 N–H and O–H groups in total. The Hall–Kier alpha value is -1.88. The van der Waals surface area contributed by atoms with E-state index >= 15 is 0 Å². The summed E-state index contributed by atoms with van der Waals surface area (Å²) in [5.41, 5.74) is 1.09. The van der Waals surface area contributed by atoms with Crippen LogP contribution in [0.5, 0.6) is 0 Å². The molecule has 100 valence electrons. The summed E-state index contributed by atoms with van der Waals surface area (Å²) in [6.45, 7) is 2.24. The fourth-order valence-corrected chi connectivity index (χ4v) is 1.87. The van der Waals surface area contributed by atoms with Gasteiger partial charge in [0.2, 0.25) is 11.8 Å². The van der Waals surface area contributed by atoms with Crippen molar-refractivity contribution >= 4 is 17.5 Å². The molecule has 6 heteroatoms. The predicted molar refractivity (Wildman–Crippen MR) is 70.9 cm³/mol. The molecule has 0 saturated heterocycles. The van der Waals surface area contributed by atoms with Crippen molar-refractivity contribution in [1.29, 1.82) is 0 Å². The van der Waals surface area contributed by atoms with Gasteiger partial charge in [0.1, 0.15) is 0 Å². The highest BCUT2D eigenvalue weighted by atomic mass is 35.5. The Balaban J connectivity index is 1.75. The topological polar surface area (TPSA) is 68.0 Å². The number of benzene rings is 1. The van der Waals surface area contributed by atoms with E-state index in [0.29, 0.717) is 23.3 Å². The first-order chi connectivity index (χ1) is 9.13. The van der Waals surface area contributed by atoms with Crippen LogP contribution in [-0.4, -0.2) is 22.6 Å². The lowest BCUT2D eigenvalue weighted by atomic mass is 10.1. The summed E-state index contributed by atoms with van der Waals surface area (Å²) in [6.07, 6.45) is 0.866. The van der Waals surface area contributed by atoms with Gasteiger partial charge in [0.05, 0.1) is 6.42 Å². The van der Waals surface area contributed by atoms with Crippen LogP contribution in [0.4, 0.5) is 0 Å². The third-order valence-electron chi connectivity index (χ3n) is 2.51. The molecular formula is C13H14ClN3O2. The van der Waals surface area contributed by atoms with Gasteiger partial charge in [-0.25, -0.2) is 0 Å². The largest absolute Gasteiger partial charge is 0.355 e. The first kappa shape index (κ1) is 13.5. The van der Waals surface area contributed by atoms with Crippen LogP contribution in [0.15, 0.2) is 28.8 Å². The van der Waals surface area contributed by atoms with E-state index in [0.717, 1.165) is 12.0 Å². The van der Waals surface area contributed by atoms with E-state index in [4.69, 9.17) is 16.1 Å². The van der Waals surface area contributed by atoms with Gasteiger partial charge in [-0.1, -0.05) is 28.9 Å². The molecule has 0 aliphatic rings. The number of aryl methyl sites for hydroxylation is 1. The second kappa shape index (κ2) is 6.33. The lowest BCUT2D eigenvalue weighted by molar-refractivity contribution is -0.120. The number of amides is 1. The maximum atomic E-state index is 11.6. The summed E-state index contributed by atoms with van der Waals surface area (Å²) in [6, 6.07) is 7.57. The van der Waals surface area contributed by atoms with Crippen LogP contribution in [-0.2, 0) is 17.6 Å². The molecule has 1 aromatic carbocycles. The Bertz CT molecular complexity index is 569. The third-order valence-corrected chi connectivity index (χ3v) is 2.75. The van der Waals surface area contributed by atoms with Crippen LogP contribution >= 0.6 is 11.6 Å². The summed E-state index contributed by atoms with van der Waals surface area (Å²) in [5, 5.41) is 7.17. The van der Waals surface area contributed by atoms with Crippen molar-refractivity contribution in [1.82, 2.24) is 15.5 Å². The molecule has 0 fully saturated rings. The van der Waals surface area contributed by atoms with E-state index in [1.807, 2.05) is 24.3 Å². The zero-order valence-corrected chi connectivity index (χ0v) is 11.3. The van der Waals surface area contributed by atoms with Gasteiger partial charge in [0.15, 0.2) is 5.82 Å². The number of aromatic nitrogens is 2. The molecule has 0 unspecified atom stereocenters. The molecule has 0 saturated carbocycles. The number of hydrogen-bond acceptors (Lipinski definition) is 4. The lowest BCUT2D eigenvalue weighted by Crippen LogP contribution is -2.27. The number of rotatable bonds is 5. The smallest absolute Gasteiger partial charge is 0.227 e. The Morgan fingerprint density at radius 1 is 1.47 bits per heavy atom. The Morgan fingerprint density at radius 3 is 3.00 bits per heavy atom. The third kappa shape index (κ3) is 4.37. The highest BCUT2D eigenvalue weighted by Gasteiger charge is 2.08. The molecule has 1 aromatic heterocycles. The standard InChI is InChI=1S/C13H14ClN3O2/c1-9-16-12(17-19-9)8-13(18)15-6-5-10-3-2-4-11(14)7-10/h2-4,7H,5-6,8H2,1H3,(H,15,18). The van der Waals surface area contributed by atoms with Crippen molar-refractivity contribution in [3.63, 3.8) is 0 Å². The summed E-state index contributed by atoms with van der Waals surface area (Å²) >= 11 is 5.88. The van der Waals surface area contributed by atoms with E-state index in [1.54, 1.807) is 6.92 Å². The predicted octanol–water partition coefficient (Wildman–Crippen LogP) is 1.93. The molecule has 0 aliphatic carbocycles. The number of halogens is 1. The second-order valence-electron chi connectivity index (χ2n) is 4.14. The highest BCUT2D eigenvalue weighted by Crippen LogP contribution is 2.10. The van der Waals surface area contributed by atoms with E-state index in [9.17, 15) is 4.79 Å². The second-order valence-corrected chi connectivity index (χ2v) is 4.57. The molecule has 0 radical (unpaired) electrons. The van der Waals surface area contributed by atoms with Gasteiger partial charge in [-0.15, -0.1) is 0 Å². The van der Waals surface area contributed by atoms with Crippen LogP contribution in [0.2, 0.25) is 5.02 Å². The van der Waals surface area contributed by atoms with E-state index < -0.39 is 0 Å². The van der Waals surface area contributed by atoms with Crippen LogP contribution in [0.3, 0.4) is 0 Å². The van der Waals surface area contributed by atoms with Crippen molar-refractivity contribution in [2.24, 2.45) is 0 Å². The average molecular weight is 280 g/mol. The lowest BCUT2D eigenvalue weighted by Gasteiger charge is -2.04. The van der Waals surface area contributed by atoms with Crippen LogP contribution < -0.4 is 5.32 Å². The van der Waals surface area contributed by atoms with Gasteiger partial charge >= 0.3 is 0 Å². The van der Waals surface area contributed by atoms with Crippen molar-refractivity contribution < 1.29 is 9.32 Å². The summed E-state index contributed by atoms with van der Waals surface area (Å²) in [4.78, 5) is 15.6. The van der Waals surface area contributed by atoms with Crippen molar-refractivity contribution in [3.8, 4) is 0 Å². The summed E-state index contributed by atoms with van der Waals surface area (Å²) in [5.74, 6) is 0.738. The van der Waals surface area contributed by atoms with Gasteiger partial charge < -0.3 is 9.84 Å². The molecule has 0 aliphatic heterocycles. The minimum Gasteiger partial charge on any atom is -0.355 e. The highest BCUT2D eigenvalue weighted by molar-refractivity contribution is 6.30. The van der Waals surface area contributed by atoms with Crippen molar-refractivity contribution in [2.45, 2.75) is 19.8 Å². The zero-order chi connectivity index (χ0) is 13.7. The quantitative estimate of drug-likeness (QED) is 0.908. The first-order valence-corrected chi connectivity index (χ1v) is 6.31. The monoisotopic (exact) mass is 279 g/mol. The molecule has 1 heterocycles. The maximum absolute atomic E-state index is 11.6. The number of carbonyl (C=O) groups excluding carboxylic acids is 1. The molecular weight excluding hydrogens is 266 g/mol. The van der Waals surface area contributed by atoms with Gasteiger partial charge in [0.25, 0.3) is 0 Å². The van der Waals surface area contributed by atoms with Crippen LogP contribution in [0, 0.1) is 6.92 Å². The zero-order valence-electron chi connectivity index (χ0n) is 10.5. The van der Waals surface area contributed by atoms with Gasteiger partial charge in [-0.2, -0.15) is 4.98 Å². The minimum atomic E-state index is -0.122. The van der Waals surface area contributed by atoms with E-state index in [-0.39, 0.29) is 12.3 Å². The number of nitrogens with one attached hydrogen (secondary N) is 1. The molecule has 2 aromatic rings. The van der Waals surface area contributed by atoms with Gasteiger partial charge in [0, 0.05) is 18.5 Å². The molecule has 0 spiro atoms. The first-order valence-electron chi connectivity index (χ1n) is 5.94. The Kier molecular flexibility index (Phi) is 4.52. The molecule has 2 rings (SSSR count). The van der Waals surface area contributed by atoms with Crippen LogP contribution in [0.1, 0.15) is 17.3 Å². The molecule has 0 bridgehead atoms. The van der Waals surface area contributed by atoms with Gasteiger partial charge in [-0.3, -0.25) is 4.79 Å². The molecule has 0 atom stereocenters. The number of carbonyl (C=O) groups is 1. The average Bonchev–Trinajstić information content (AvgIpc) is 2.75. The fraction of sp³-hybridized carbons (Fsp3) is 0.308. The summed E-state index contributed by atoms with van der Waals surface area (Å²) in [7, 11) is 0. The minimum absolute atomic E-state index is 0.122. The maximum Gasteiger partial charge on any atom is 0.227 e. The van der Waals surface area contributed by atoms with Crippen molar-refractivity contribution in [3.05, 3.63) is 46.6 Å². The van der Waals surface area contributed by atoms with E-state index in [2.05, 4.69) is 15.5 Å². The number of hydrogen-bond donors (Lipinski definition) is 1. The SMILES string of the molecule is Cc1nc(CC(=O)NCCc2cccc(Cl)c2)no1. The molecule has 1 amide bonds.